The molecular weight excluding hydrogens is 220 g/mol. The van der Waals surface area contributed by atoms with E-state index in [1.165, 1.54) is 6.42 Å². The number of allylic oxidation sites excluding steroid dienone is 1. The molecule has 0 aliphatic rings. The lowest BCUT2D eigenvalue weighted by atomic mass is 10.3. The van der Waals surface area contributed by atoms with Crippen molar-refractivity contribution in [2.24, 2.45) is 0 Å². The minimum Gasteiger partial charge on any atom is -0.419 e. The van der Waals surface area contributed by atoms with Crippen LogP contribution in [0.4, 0.5) is 0 Å². The topological polar surface area (TPSA) is 27.7 Å². The molecule has 0 atom stereocenters. The van der Waals surface area contributed by atoms with E-state index < -0.39 is 9.76 Å². The van der Waals surface area contributed by atoms with Crippen LogP contribution in [0.25, 0.3) is 0 Å². The Balaban J connectivity index is 3.39. The summed E-state index contributed by atoms with van der Waals surface area (Å²) in [6, 6.07) is 0. The molecule has 0 fully saturated rings. The molecule has 0 saturated carbocycles. The Hall–Kier alpha value is -0.163. The van der Waals surface area contributed by atoms with Crippen molar-refractivity contribution in [1.29, 1.82) is 0 Å². The molecule has 0 amide bonds. The normalized spacial score (nSPS) is 12.5. The Labute approximate surface area is 102 Å². The zero-order valence-corrected chi connectivity index (χ0v) is 12.3. The lowest BCUT2D eigenvalue weighted by molar-refractivity contribution is -0.142. The van der Waals surface area contributed by atoms with Crippen molar-refractivity contribution in [2.45, 2.75) is 46.3 Å². The van der Waals surface area contributed by atoms with E-state index >= 15 is 0 Å². The summed E-state index contributed by atoms with van der Waals surface area (Å²) >= 11 is 0. The number of rotatable bonds is 11. The molecule has 3 nitrogen and oxygen atoms in total. The number of hydrogen-bond acceptors (Lipinski definition) is 3. The summed E-state index contributed by atoms with van der Waals surface area (Å²) in [4.78, 5) is 0. The third-order valence-corrected chi connectivity index (χ3v) is 3.09. The highest BCUT2D eigenvalue weighted by Crippen LogP contribution is 2.01. The van der Waals surface area contributed by atoms with Gasteiger partial charge in [-0.15, -0.1) is 0 Å². The number of unbranched alkanes of at least 4 members (excludes halogenated alkanes) is 1. The summed E-state index contributed by atoms with van der Waals surface area (Å²) < 4.78 is 16.4. The smallest absolute Gasteiger partial charge is 0.184 e. The van der Waals surface area contributed by atoms with Crippen molar-refractivity contribution in [3.05, 3.63) is 11.8 Å². The molecule has 0 aliphatic heterocycles. The molecule has 0 radical (unpaired) electrons. The van der Waals surface area contributed by atoms with Gasteiger partial charge in [0.2, 0.25) is 0 Å². The predicted octanol–water partition coefficient (Wildman–Crippen LogP) is 2.19. The summed E-state index contributed by atoms with van der Waals surface area (Å²) in [6.07, 6.45) is 5.33. The molecule has 0 aliphatic carbocycles. The summed E-state index contributed by atoms with van der Waals surface area (Å²) in [7, 11) is -0.472. The first-order valence-corrected chi connectivity index (χ1v) is 7.70. The van der Waals surface area contributed by atoms with Gasteiger partial charge >= 0.3 is 0 Å². The van der Waals surface area contributed by atoms with Crippen LogP contribution in [-0.2, 0) is 13.9 Å². The lowest BCUT2D eigenvalue weighted by Crippen LogP contribution is -2.19. The fourth-order valence-corrected chi connectivity index (χ4v) is 2.11. The quantitative estimate of drug-likeness (QED) is 0.318. The van der Waals surface area contributed by atoms with Crippen LogP contribution in [0.1, 0.15) is 40.0 Å². The average molecular weight is 246 g/mol. The van der Waals surface area contributed by atoms with Crippen LogP contribution in [0.2, 0.25) is 0 Å². The Morgan fingerprint density at radius 2 is 1.81 bits per heavy atom. The molecule has 16 heavy (non-hydrogen) atoms. The molecule has 0 unspecified atom stereocenters. The zero-order chi connectivity index (χ0) is 12.1. The molecule has 0 aromatic heterocycles. The van der Waals surface area contributed by atoms with Crippen molar-refractivity contribution < 1.29 is 13.9 Å². The van der Waals surface area contributed by atoms with Crippen LogP contribution in [-0.4, -0.2) is 35.9 Å². The second kappa shape index (κ2) is 12.9. The summed E-state index contributed by atoms with van der Waals surface area (Å²) in [6.45, 7) is 8.27. The van der Waals surface area contributed by atoms with Gasteiger partial charge in [0.25, 0.3) is 0 Å². The predicted molar refractivity (Wildman–Crippen MR) is 70.2 cm³/mol. The first kappa shape index (κ1) is 15.8. The number of hydrogen-bond donors (Lipinski definition) is 0. The SMILES string of the molecule is CCCC=C[SiH2]OCCC(OCC)OCC. The van der Waals surface area contributed by atoms with E-state index in [0.29, 0.717) is 13.2 Å². The van der Waals surface area contributed by atoms with Gasteiger partial charge in [-0.25, -0.2) is 0 Å². The molecule has 0 bridgehead atoms. The van der Waals surface area contributed by atoms with Crippen LogP contribution < -0.4 is 0 Å². The van der Waals surface area contributed by atoms with Gasteiger partial charge in [0.15, 0.2) is 16.1 Å². The molecule has 4 heteroatoms. The maximum Gasteiger partial charge on any atom is 0.184 e. The molecule has 0 N–H and O–H groups in total. The van der Waals surface area contributed by atoms with Gasteiger partial charge in [0, 0.05) is 26.2 Å². The van der Waals surface area contributed by atoms with Gasteiger partial charge in [-0.2, -0.15) is 0 Å². The minimum atomic E-state index is -0.472. The van der Waals surface area contributed by atoms with E-state index in [4.69, 9.17) is 13.9 Å². The summed E-state index contributed by atoms with van der Waals surface area (Å²) in [5.74, 6) is 0. The van der Waals surface area contributed by atoms with E-state index in [1.807, 2.05) is 13.8 Å². The molecule has 96 valence electrons. The van der Waals surface area contributed by atoms with Crippen LogP contribution in [0.15, 0.2) is 11.8 Å². The maximum atomic E-state index is 5.60. The maximum absolute atomic E-state index is 5.60. The lowest BCUT2D eigenvalue weighted by Gasteiger charge is -2.16. The molecule has 0 aromatic carbocycles. The second-order valence-electron chi connectivity index (χ2n) is 3.46. The van der Waals surface area contributed by atoms with E-state index in [1.54, 1.807) is 0 Å². The van der Waals surface area contributed by atoms with Gasteiger partial charge in [-0.3, -0.25) is 0 Å². The van der Waals surface area contributed by atoms with Gasteiger partial charge < -0.3 is 13.9 Å². The first-order valence-electron chi connectivity index (χ1n) is 6.31. The third kappa shape index (κ3) is 10.4. The van der Waals surface area contributed by atoms with E-state index in [2.05, 4.69) is 18.7 Å². The van der Waals surface area contributed by atoms with Crippen molar-refractivity contribution in [2.75, 3.05) is 19.8 Å². The summed E-state index contributed by atoms with van der Waals surface area (Å²) in [5.41, 5.74) is 2.21. The fraction of sp³-hybridized carbons (Fsp3) is 0.833. The van der Waals surface area contributed by atoms with Crippen molar-refractivity contribution in [1.82, 2.24) is 0 Å². The largest absolute Gasteiger partial charge is 0.419 e. The van der Waals surface area contributed by atoms with E-state index in [9.17, 15) is 0 Å². The first-order chi connectivity index (χ1) is 7.85. The highest BCUT2D eigenvalue weighted by Gasteiger charge is 2.06. The van der Waals surface area contributed by atoms with Gasteiger partial charge in [0.1, 0.15) is 0 Å². The fourth-order valence-electron chi connectivity index (χ4n) is 1.27. The zero-order valence-electron chi connectivity index (χ0n) is 10.9. The molecule has 0 spiro atoms. The van der Waals surface area contributed by atoms with Gasteiger partial charge in [-0.05, 0) is 20.3 Å². The van der Waals surface area contributed by atoms with Crippen molar-refractivity contribution in [3.8, 4) is 0 Å². The Morgan fingerprint density at radius 1 is 1.12 bits per heavy atom. The number of ether oxygens (including phenoxy) is 2. The van der Waals surface area contributed by atoms with Crippen LogP contribution in [0.3, 0.4) is 0 Å². The Bertz CT molecular complexity index is 156. The van der Waals surface area contributed by atoms with Crippen molar-refractivity contribution in [3.63, 3.8) is 0 Å². The second-order valence-corrected chi connectivity index (χ2v) is 4.68. The molecule has 0 saturated heterocycles. The summed E-state index contributed by atoms with van der Waals surface area (Å²) in [5, 5.41) is 0. The van der Waals surface area contributed by atoms with Crippen LogP contribution >= 0.6 is 0 Å². The average Bonchev–Trinajstić information content (AvgIpc) is 2.28. The van der Waals surface area contributed by atoms with E-state index in [-0.39, 0.29) is 6.29 Å². The highest BCUT2D eigenvalue weighted by atomic mass is 28.2. The Morgan fingerprint density at radius 3 is 2.38 bits per heavy atom. The van der Waals surface area contributed by atoms with Gasteiger partial charge in [-0.1, -0.05) is 25.1 Å². The molecule has 0 aromatic rings. The van der Waals surface area contributed by atoms with Gasteiger partial charge in [0.05, 0.1) is 0 Å². The monoisotopic (exact) mass is 246 g/mol. The Kier molecular flexibility index (Phi) is 12.8. The standard InChI is InChI=1S/C12H26O3Si/c1-4-7-8-11-16-15-10-9-12(13-5-2)14-6-3/h8,11-12H,4-7,9-10,16H2,1-3H3. The van der Waals surface area contributed by atoms with E-state index in [0.717, 1.165) is 19.4 Å². The molecule has 0 rings (SSSR count). The third-order valence-electron chi connectivity index (χ3n) is 2.04. The molecular formula is C12H26O3Si. The highest BCUT2D eigenvalue weighted by molar-refractivity contribution is 6.34. The van der Waals surface area contributed by atoms with Crippen LogP contribution in [0.5, 0.6) is 0 Å². The molecule has 0 heterocycles. The van der Waals surface area contributed by atoms with Crippen LogP contribution in [0, 0.1) is 0 Å². The van der Waals surface area contributed by atoms with Crippen molar-refractivity contribution >= 4 is 9.76 Å². The minimum absolute atomic E-state index is 0.0939.